The monoisotopic (exact) mass is 828 g/mol. The van der Waals surface area contributed by atoms with Crippen LogP contribution in [0.5, 0.6) is 5.75 Å². The van der Waals surface area contributed by atoms with Crippen LogP contribution >= 0.6 is 12.2 Å². The molecule has 59 heavy (non-hydrogen) atoms. The molecule has 1 unspecified atom stereocenters. The smallest absolute Gasteiger partial charge is 0.419 e. The molecule has 4 saturated heterocycles. The Kier molecular flexibility index (Phi) is 11.3. The van der Waals surface area contributed by atoms with E-state index in [1.54, 1.807) is 4.90 Å². The molecule has 3 N–H and O–H groups in total. The van der Waals surface area contributed by atoms with E-state index < -0.39 is 28.9 Å². The number of nitriles is 1. The van der Waals surface area contributed by atoms with E-state index in [4.69, 9.17) is 17.0 Å². The van der Waals surface area contributed by atoms with Gasteiger partial charge in [-0.1, -0.05) is 13.0 Å². The number of thiocarbonyl (C=S) groups is 1. The molecule has 3 aromatic rings. The topological polar surface area (TPSA) is 143 Å². The van der Waals surface area contributed by atoms with Crippen LogP contribution in [-0.4, -0.2) is 76.1 Å². The zero-order valence-electron chi connectivity index (χ0n) is 32.8. The van der Waals surface area contributed by atoms with Crippen molar-refractivity contribution in [1.82, 2.24) is 15.2 Å². The van der Waals surface area contributed by atoms with Gasteiger partial charge in [-0.3, -0.25) is 24.2 Å². The number of piperidine rings is 2. The summed E-state index contributed by atoms with van der Waals surface area (Å²) in [6.07, 6.45) is 4.96. The van der Waals surface area contributed by atoms with Crippen molar-refractivity contribution < 1.29 is 32.3 Å². The van der Waals surface area contributed by atoms with E-state index >= 15 is 0 Å². The predicted octanol–water partition coefficient (Wildman–Crippen LogP) is 6.94. The fraction of sp³-hybridized carbons (Fsp3) is 0.488. The van der Waals surface area contributed by atoms with Gasteiger partial charge in [0.25, 0.3) is 5.91 Å². The van der Waals surface area contributed by atoms with E-state index in [0.29, 0.717) is 69.1 Å². The van der Waals surface area contributed by atoms with E-state index in [2.05, 4.69) is 25.8 Å². The first kappa shape index (κ1) is 40.5. The normalized spacial score (nSPS) is 23.8. The number of hydrogen-bond acceptors (Lipinski definition) is 9. The number of nitrogens with zero attached hydrogens (tertiary/aromatic N) is 5. The van der Waals surface area contributed by atoms with E-state index in [1.807, 2.05) is 49.4 Å². The minimum absolute atomic E-state index is 0.0295. The van der Waals surface area contributed by atoms with Crippen LogP contribution in [0.3, 0.4) is 0 Å². The summed E-state index contributed by atoms with van der Waals surface area (Å²) in [5, 5.41) is 18.7. The predicted molar refractivity (Wildman–Crippen MR) is 220 cm³/mol. The lowest BCUT2D eigenvalue weighted by molar-refractivity contribution is -0.138. The third kappa shape index (κ3) is 8.06. The number of fused-ring (bicyclic) bond motifs is 2. The van der Waals surface area contributed by atoms with Crippen LogP contribution in [0.1, 0.15) is 88.0 Å². The Balaban J connectivity index is 0.864. The van der Waals surface area contributed by atoms with Crippen LogP contribution < -0.4 is 30.5 Å². The summed E-state index contributed by atoms with van der Waals surface area (Å²) in [5.41, 5.74) is 0.121. The number of alkyl halides is 3. The molecule has 1 aromatic heterocycles. The van der Waals surface area contributed by atoms with Crippen LogP contribution in [0, 0.1) is 17.2 Å². The Bertz CT molecular complexity index is 2170. The Morgan fingerprint density at radius 2 is 1.83 bits per heavy atom. The van der Waals surface area contributed by atoms with Crippen molar-refractivity contribution in [3.63, 3.8) is 0 Å². The minimum Gasteiger partial charge on any atom is -0.493 e. The van der Waals surface area contributed by atoms with Crippen molar-refractivity contribution >= 4 is 57.8 Å². The molecular formula is C43H47F3N8O4S. The van der Waals surface area contributed by atoms with Crippen molar-refractivity contribution in [2.24, 2.45) is 5.92 Å². The molecule has 8 rings (SSSR count). The molecule has 1 spiro atoms. The molecule has 5 aliphatic rings. The molecule has 0 radical (unpaired) electrons. The van der Waals surface area contributed by atoms with Crippen molar-refractivity contribution in [2.75, 3.05) is 40.1 Å². The summed E-state index contributed by atoms with van der Waals surface area (Å²) < 4.78 is 47.9. The SMILES string of the molecule is CCc1cc(N2C(=S)N(c3cnc(C#N)c(C(F)(F)F)c3)C(=O)C23CCC3)ccc1OCC[C@@H]1C[C@H]2CC[C@@H](C1)N2CC(=O)Nc1cccc(NC2CCC(=O)NC2)c1. The molecule has 2 aromatic carbocycles. The van der Waals surface area contributed by atoms with Crippen LogP contribution in [0.15, 0.2) is 54.7 Å². The number of rotatable bonds is 12. The largest absolute Gasteiger partial charge is 0.493 e. The quantitative estimate of drug-likeness (QED) is 0.165. The minimum atomic E-state index is -4.83. The number of anilines is 4. The number of pyridine rings is 1. The molecule has 310 valence electrons. The average molecular weight is 829 g/mol. The highest BCUT2D eigenvalue weighted by molar-refractivity contribution is 7.81. The zero-order valence-corrected chi connectivity index (χ0v) is 33.6. The molecule has 3 amide bonds. The third-order valence-electron chi connectivity index (χ3n) is 12.7. The summed E-state index contributed by atoms with van der Waals surface area (Å²) in [4.78, 5) is 47.7. The number of amides is 3. The van der Waals surface area contributed by atoms with E-state index in [1.165, 1.54) is 6.07 Å². The summed E-state index contributed by atoms with van der Waals surface area (Å²) in [6, 6.07) is 16.5. The van der Waals surface area contributed by atoms with Crippen LogP contribution in [-0.2, 0) is 27.0 Å². The molecule has 16 heteroatoms. The van der Waals surface area contributed by atoms with Gasteiger partial charge in [0.15, 0.2) is 10.8 Å². The molecule has 5 fully saturated rings. The highest BCUT2D eigenvalue weighted by Crippen LogP contribution is 2.49. The third-order valence-corrected chi connectivity index (χ3v) is 13.1. The lowest BCUT2D eigenvalue weighted by Crippen LogP contribution is -2.55. The number of hydrogen-bond donors (Lipinski definition) is 3. The highest BCUT2D eigenvalue weighted by Gasteiger charge is 2.60. The van der Waals surface area contributed by atoms with Crippen molar-refractivity contribution in [3.8, 4) is 11.8 Å². The van der Waals surface area contributed by atoms with Crippen LogP contribution in [0.2, 0.25) is 0 Å². The number of nitrogens with one attached hydrogen (secondary N) is 3. The van der Waals surface area contributed by atoms with Gasteiger partial charge >= 0.3 is 6.18 Å². The molecule has 4 aliphatic heterocycles. The number of aryl methyl sites for hydroxylation is 1. The number of carbonyl (C=O) groups is 3. The van der Waals surface area contributed by atoms with Gasteiger partial charge in [-0.15, -0.1) is 0 Å². The molecule has 1 saturated carbocycles. The molecule has 4 atom stereocenters. The van der Waals surface area contributed by atoms with E-state index in [0.717, 1.165) is 84.8 Å². The second-order valence-electron chi connectivity index (χ2n) is 16.3. The van der Waals surface area contributed by atoms with Gasteiger partial charge in [-0.2, -0.15) is 18.4 Å². The fourth-order valence-electron chi connectivity index (χ4n) is 9.57. The summed E-state index contributed by atoms with van der Waals surface area (Å²) in [7, 11) is 0. The Labute approximate surface area is 346 Å². The second-order valence-corrected chi connectivity index (χ2v) is 16.7. The number of carbonyl (C=O) groups excluding carboxylic acids is 3. The Morgan fingerprint density at radius 3 is 2.49 bits per heavy atom. The number of ether oxygens (including phenoxy) is 1. The number of benzene rings is 2. The first-order chi connectivity index (χ1) is 28.4. The molecule has 5 heterocycles. The van der Waals surface area contributed by atoms with Gasteiger partial charge < -0.3 is 25.6 Å². The second kappa shape index (κ2) is 16.4. The van der Waals surface area contributed by atoms with Crippen molar-refractivity contribution in [2.45, 2.75) is 107 Å². The molecule has 1 aliphatic carbocycles. The zero-order chi connectivity index (χ0) is 41.5. The fourth-order valence-corrected chi connectivity index (χ4v) is 10.0. The van der Waals surface area contributed by atoms with Crippen molar-refractivity contribution in [3.05, 3.63) is 71.5 Å². The maximum atomic E-state index is 14.0. The Hall–Kier alpha value is -5.27. The lowest BCUT2D eigenvalue weighted by atomic mass is 9.75. The van der Waals surface area contributed by atoms with Crippen molar-refractivity contribution in [1.29, 1.82) is 5.26 Å². The maximum absolute atomic E-state index is 14.0. The number of aromatic nitrogens is 1. The summed E-state index contributed by atoms with van der Waals surface area (Å²) in [6.45, 7) is 3.47. The lowest BCUT2D eigenvalue weighted by Gasteiger charge is -2.43. The summed E-state index contributed by atoms with van der Waals surface area (Å²) >= 11 is 5.81. The molecule has 2 bridgehead atoms. The maximum Gasteiger partial charge on any atom is 0.419 e. The average Bonchev–Trinajstić information content (AvgIpc) is 3.57. The first-order valence-electron chi connectivity index (χ1n) is 20.5. The van der Waals surface area contributed by atoms with Gasteiger partial charge in [-0.25, -0.2) is 4.98 Å². The van der Waals surface area contributed by atoms with Gasteiger partial charge in [-0.05, 0) is 130 Å². The molecular weight excluding hydrogens is 782 g/mol. The highest BCUT2D eigenvalue weighted by atomic mass is 32.1. The van der Waals surface area contributed by atoms with Gasteiger partial charge in [0, 0.05) is 48.2 Å². The van der Waals surface area contributed by atoms with Gasteiger partial charge in [0.05, 0.1) is 30.6 Å². The van der Waals surface area contributed by atoms with Gasteiger partial charge in [0.2, 0.25) is 11.8 Å². The van der Waals surface area contributed by atoms with Crippen LogP contribution in [0.25, 0.3) is 0 Å². The first-order valence-corrected chi connectivity index (χ1v) is 20.9. The summed E-state index contributed by atoms with van der Waals surface area (Å²) in [5.74, 6) is 0.847. The number of halogens is 3. The van der Waals surface area contributed by atoms with Crippen LogP contribution in [0.4, 0.5) is 35.9 Å². The van der Waals surface area contributed by atoms with E-state index in [-0.39, 0.29) is 28.7 Å². The molecule has 12 nitrogen and oxygen atoms in total. The standard InChI is InChI=1S/C43H47F3N8O4S/c1-2-27-19-33(54-41(59)53(40(57)42(54)14-4-15-42)34-21-35(43(44,45)46)36(22-47)48-24-34)10-11-37(27)58-16-13-26-17-31-8-9-32(18-26)52(31)25-39(56)51-29-6-3-5-28(20-29)50-30-7-12-38(55)49-23-30/h3,5-6,10-11,19-21,24,26,30-32,50H,2,4,7-9,12-18,23,25H2,1H3,(H,49,55)(H,51,56)/t26-,30?,31-,32+. The van der Waals surface area contributed by atoms with E-state index in [9.17, 15) is 32.8 Å². The Morgan fingerprint density at radius 1 is 1.07 bits per heavy atom. The van der Waals surface area contributed by atoms with Gasteiger partial charge in [0.1, 0.15) is 17.4 Å².